The zero-order chi connectivity index (χ0) is 10.7. The van der Waals surface area contributed by atoms with Gasteiger partial charge in [0.15, 0.2) is 0 Å². The van der Waals surface area contributed by atoms with Crippen LogP contribution in [0.3, 0.4) is 0 Å². The molecule has 0 aromatic carbocycles. The van der Waals surface area contributed by atoms with Crippen LogP contribution in [-0.4, -0.2) is 61.6 Å². The maximum Gasteiger partial charge on any atom is 0.0383 e. The average Bonchev–Trinajstić information content (AvgIpc) is 1.54. The summed E-state index contributed by atoms with van der Waals surface area (Å²) in [5, 5.41) is 26.7. The molecule has 100 valence electrons. The molecule has 0 aliphatic heterocycles. The second kappa shape index (κ2) is 36.8. The first-order chi connectivity index (χ1) is 5.20. The molecule has 0 spiro atoms. The van der Waals surface area contributed by atoms with E-state index in [-0.39, 0.29) is 43.7 Å². The summed E-state index contributed by atoms with van der Waals surface area (Å²) in [7, 11) is 0. The first kappa shape index (κ1) is 45.6. The number of carbonyl (C=O) groups excluding carboxylic acids is 3. The maximum absolute atomic E-state index is 8.89. The van der Waals surface area contributed by atoms with E-state index in [4.69, 9.17) is 29.7 Å². The Morgan fingerprint density at radius 1 is 0.625 bits per heavy atom. The molecule has 0 aromatic heterocycles. The van der Waals surface area contributed by atoms with Gasteiger partial charge in [0.1, 0.15) is 0 Å². The normalized spacial score (nSPS) is 4.69. The zero-order valence-electron chi connectivity index (χ0n) is 8.95. The second-order valence-corrected chi connectivity index (χ2v) is 1.47. The van der Waals surface area contributed by atoms with Crippen LogP contribution in [0.1, 0.15) is 20.8 Å². The number of hydrogen-bond donors (Lipinski definition) is 0. The second-order valence-electron chi connectivity index (χ2n) is 1.47. The van der Waals surface area contributed by atoms with E-state index in [0.717, 1.165) is 20.8 Å². The maximum atomic E-state index is 8.89. The van der Waals surface area contributed by atoms with Gasteiger partial charge in [-0.15, -0.1) is 0 Å². The molecule has 0 aliphatic rings. The summed E-state index contributed by atoms with van der Waals surface area (Å²) in [5.74, 6) is -3.25. The van der Waals surface area contributed by atoms with E-state index in [1.807, 2.05) is 0 Å². The van der Waals surface area contributed by atoms with Gasteiger partial charge in [-0.2, -0.15) is 0 Å². The fraction of sp³-hybridized carbons (Fsp3) is 0.500. The number of rotatable bonds is 0. The van der Waals surface area contributed by atoms with Gasteiger partial charge in [-0.1, -0.05) is 0 Å². The van der Waals surface area contributed by atoms with E-state index >= 15 is 0 Å². The Morgan fingerprint density at radius 2 is 0.625 bits per heavy atom. The van der Waals surface area contributed by atoms with Gasteiger partial charge in [-0.05, 0) is 20.8 Å². The van der Waals surface area contributed by atoms with Gasteiger partial charge in [0.2, 0.25) is 0 Å². The zero-order valence-corrected chi connectivity index (χ0v) is 12.8. The Hall–Kier alpha value is -0.788. The van der Waals surface area contributed by atoms with Crippen molar-refractivity contribution in [3.05, 3.63) is 0 Å². The van der Waals surface area contributed by atoms with Crippen molar-refractivity contribution < 1.29 is 46.1 Å². The molecule has 0 saturated heterocycles. The van der Waals surface area contributed by atoms with E-state index in [9.17, 15) is 0 Å². The fourth-order valence-electron chi connectivity index (χ4n) is 0. The van der Waals surface area contributed by atoms with Crippen LogP contribution in [0.15, 0.2) is 0 Å². The van der Waals surface area contributed by atoms with E-state index < -0.39 is 17.9 Å². The largest absolute Gasteiger partial charge is 0.550 e. The molecule has 16 heavy (non-hydrogen) atoms. The van der Waals surface area contributed by atoms with Gasteiger partial charge in [-0.25, -0.2) is 0 Å². The Bertz CT molecular complexity index is 118. The quantitative estimate of drug-likeness (QED) is 0.335. The van der Waals surface area contributed by atoms with Crippen LogP contribution in [0.5, 0.6) is 0 Å². The number of hydrogen-bond acceptors (Lipinski definition) is 6. The monoisotopic (exact) mass is 439 g/mol. The van der Waals surface area contributed by atoms with Crippen molar-refractivity contribution >= 4 is 45.2 Å². The summed E-state index contributed by atoms with van der Waals surface area (Å²) in [6.45, 7) is 2.92. The van der Waals surface area contributed by atoms with Crippen LogP contribution < -0.4 is 15.3 Å². The predicted molar refractivity (Wildman–Crippen MR) is 48.6 cm³/mol. The van der Waals surface area contributed by atoms with Gasteiger partial charge in [0.25, 0.3) is 0 Å². The molecule has 0 saturated carbocycles. The third-order valence-corrected chi connectivity index (χ3v) is 0. The van der Waals surface area contributed by atoms with Crippen molar-refractivity contribution in [1.29, 1.82) is 0 Å². The van der Waals surface area contributed by atoms with Crippen molar-refractivity contribution in [1.82, 2.24) is 0 Å². The van der Waals surface area contributed by atoms with Crippen LogP contribution in [0.2, 0.25) is 0 Å². The Kier molecular flexibility index (Phi) is 105. The molecule has 10 heteroatoms. The molecule has 4 radical (unpaired) electrons. The minimum absolute atomic E-state index is 0. The fourth-order valence-corrected chi connectivity index (χ4v) is 0. The van der Waals surface area contributed by atoms with E-state index in [1.54, 1.807) is 0 Å². The molecule has 9 nitrogen and oxygen atoms in total. The number of carboxylic acids is 3. The van der Waals surface area contributed by atoms with Crippen molar-refractivity contribution in [2.75, 3.05) is 0 Å². The van der Waals surface area contributed by atoms with Crippen LogP contribution in [-0.2, 0) is 14.4 Å². The molecule has 0 atom stereocenters. The average molecular weight is 438 g/mol. The Labute approximate surface area is 112 Å². The van der Waals surface area contributed by atoms with Crippen LogP contribution in [0.25, 0.3) is 0 Å². The number of carboxylic acid groups (broad SMARTS) is 3. The molecule has 0 aliphatic carbocycles. The van der Waals surface area contributed by atoms with Crippen LogP contribution in [0, 0.1) is 0 Å². The summed E-state index contributed by atoms with van der Waals surface area (Å²) < 4.78 is 0. The van der Waals surface area contributed by atoms with E-state index in [1.165, 1.54) is 0 Å². The van der Waals surface area contributed by atoms with E-state index in [2.05, 4.69) is 0 Å². The molecule has 0 unspecified atom stereocenters. The third-order valence-electron chi connectivity index (χ3n) is 0. The van der Waals surface area contributed by atoms with E-state index in [0.29, 0.717) is 0 Å². The number of aliphatic carboxylic acids is 3. The summed E-state index contributed by atoms with van der Waals surface area (Å²) in [5.41, 5.74) is 0. The molecule has 0 aromatic rings. The standard InChI is InChI=1S/3C2H4O2.3H2O.Pb/c3*1-2(3)4;;;;/h3*1H3,(H,3,4);3*1H2;/p-3. The van der Waals surface area contributed by atoms with Crippen molar-refractivity contribution in [2.45, 2.75) is 20.8 Å². The molecule has 6 N–H and O–H groups in total. The molecule has 0 bridgehead atoms. The summed E-state index contributed by atoms with van der Waals surface area (Å²) in [6.07, 6.45) is 0. The molecule has 0 fully saturated rings. The summed E-state index contributed by atoms with van der Waals surface area (Å²) in [4.78, 5) is 26.7. The molecule has 0 rings (SSSR count). The third kappa shape index (κ3) is 3170. The molecule has 0 amide bonds. The first-order valence-electron chi connectivity index (χ1n) is 2.72. The van der Waals surface area contributed by atoms with Gasteiger partial charge < -0.3 is 46.1 Å². The van der Waals surface area contributed by atoms with Gasteiger partial charge in [-0.3, -0.25) is 0 Å². The Balaban J connectivity index is -0.0000000135. The Morgan fingerprint density at radius 3 is 0.625 bits per heavy atom. The SMILES string of the molecule is CC(=O)[O-].CC(=O)[O-].CC(=O)[O-].O.O.O.[Pb]. The predicted octanol–water partition coefficient (Wildman–Crippen LogP) is -6.59. The number of carbonyl (C=O) groups is 3. The van der Waals surface area contributed by atoms with Gasteiger partial charge >= 0.3 is 0 Å². The minimum Gasteiger partial charge on any atom is -0.550 e. The van der Waals surface area contributed by atoms with Crippen molar-refractivity contribution in [2.24, 2.45) is 0 Å². The van der Waals surface area contributed by atoms with Gasteiger partial charge in [0, 0.05) is 45.2 Å². The van der Waals surface area contributed by atoms with Crippen LogP contribution in [0.4, 0.5) is 0 Å². The molecular weight excluding hydrogens is 423 g/mol. The minimum atomic E-state index is -1.08. The molecular formula is C6H15O9Pb-3. The van der Waals surface area contributed by atoms with Crippen molar-refractivity contribution in [3.8, 4) is 0 Å². The van der Waals surface area contributed by atoms with Gasteiger partial charge in [0.05, 0.1) is 0 Å². The molecule has 0 heterocycles. The summed E-state index contributed by atoms with van der Waals surface area (Å²) in [6, 6.07) is 0. The van der Waals surface area contributed by atoms with Crippen molar-refractivity contribution in [3.63, 3.8) is 0 Å². The first-order valence-corrected chi connectivity index (χ1v) is 2.72. The topological polar surface area (TPSA) is 215 Å². The van der Waals surface area contributed by atoms with Crippen LogP contribution >= 0.6 is 0 Å². The smallest absolute Gasteiger partial charge is 0.0383 e. The summed E-state index contributed by atoms with van der Waals surface area (Å²) >= 11 is 0.